The van der Waals surface area contributed by atoms with Crippen molar-refractivity contribution in [2.24, 2.45) is 0 Å². The van der Waals surface area contributed by atoms with Crippen LogP contribution in [0, 0.1) is 5.82 Å². The Morgan fingerprint density at radius 2 is 2.11 bits per heavy atom. The van der Waals surface area contributed by atoms with Crippen LogP contribution in [0.15, 0.2) is 33.6 Å². The minimum absolute atomic E-state index is 0.143. The number of rotatable bonds is 4. The Balaban J connectivity index is 1.81. The molecule has 1 aromatic heterocycles. The normalized spacial score (nSPS) is 20.9. The quantitative estimate of drug-likeness (QED) is 0.794. The van der Waals surface area contributed by atoms with Crippen LogP contribution in [0.5, 0.6) is 0 Å². The number of H-pyrrole nitrogens is 1. The van der Waals surface area contributed by atoms with Crippen molar-refractivity contribution >= 4 is 5.97 Å². The Labute approximate surface area is 157 Å². The highest BCUT2D eigenvalue weighted by molar-refractivity contribution is 5.65. The van der Waals surface area contributed by atoms with Gasteiger partial charge >= 0.3 is 12.1 Å². The SMILES string of the molecule is CC(=O)ON1CCC(c2cc(=O)[nH]o2)CC1Cc1ccc(C(F)(F)F)c(F)c1. The molecule has 1 aliphatic heterocycles. The summed E-state index contributed by atoms with van der Waals surface area (Å²) in [6.07, 6.45) is -3.65. The van der Waals surface area contributed by atoms with Gasteiger partial charge in [0.2, 0.25) is 0 Å². The molecular formula is C18H18F4N2O4. The molecule has 152 valence electrons. The number of hydrogen-bond acceptors (Lipinski definition) is 5. The number of benzene rings is 1. The first kappa shape index (κ1) is 20.1. The summed E-state index contributed by atoms with van der Waals surface area (Å²) in [7, 11) is 0. The first-order valence-electron chi connectivity index (χ1n) is 8.62. The first-order chi connectivity index (χ1) is 13.1. The van der Waals surface area contributed by atoms with Gasteiger partial charge in [0.25, 0.3) is 5.56 Å². The van der Waals surface area contributed by atoms with Crippen LogP contribution >= 0.6 is 0 Å². The third-order valence-corrected chi connectivity index (χ3v) is 4.66. The predicted octanol–water partition coefficient (Wildman–Crippen LogP) is 3.39. The van der Waals surface area contributed by atoms with Crippen molar-refractivity contribution < 1.29 is 31.7 Å². The van der Waals surface area contributed by atoms with Gasteiger partial charge in [0.05, 0.1) is 11.6 Å². The van der Waals surface area contributed by atoms with Gasteiger partial charge in [0, 0.05) is 25.5 Å². The number of alkyl halides is 3. The molecule has 3 rings (SSSR count). The van der Waals surface area contributed by atoms with Gasteiger partial charge in [-0.25, -0.2) is 4.39 Å². The summed E-state index contributed by atoms with van der Waals surface area (Å²) in [4.78, 5) is 27.9. The molecule has 28 heavy (non-hydrogen) atoms. The van der Waals surface area contributed by atoms with Crippen LogP contribution in [0.2, 0.25) is 0 Å². The van der Waals surface area contributed by atoms with Crippen molar-refractivity contribution in [1.29, 1.82) is 0 Å². The molecule has 1 aliphatic rings. The van der Waals surface area contributed by atoms with E-state index < -0.39 is 29.6 Å². The van der Waals surface area contributed by atoms with E-state index in [1.807, 2.05) is 0 Å². The maximum absolute atomic E-state index is 13.9. The fraction of sp³-hybridized carbons (Fsp3) is 0.444. The van der Waals surface area contributed by atoms with E-state index in [0.29, 0.717) is 36.8 Å². The summed E-state index contributed by atoms with van der Waals surface area (Å²) in [6, 6.07) is 3.67. The number of aromatic amines is 1. The van der Waals surface area contributed by atoms with E-state index in [1.165, 1.54) is 24.1 Å². The molecule has 2 heterocycles. The molecule has 0 bridgehead atoms. The van der Waals surface area contributed by atoms with E-state index in [1.54, 1.807) is 0 Å². The predicted molar refractivity (Wildman–Crippen MR) is 88.7 cm³/mol. The van der Waals surface area contributed by atoms with Crippen molar-refractivity contribution in [2.75, 3.05) is 6.54 Å². The summed E-state index contributed by atoms with van der Waals surface area (Å²) in [5, 5.41) is 3.66. The molecule has 0 aliphatic carbocycles. The molecule has 1 saturated heterocycles. The van der Waals surface area contributed by atoms with Gasteiger partial charge in [-0.05, 0) is 37.0 Å². The number of nitrogens with one attached hydrogen (secondary N) is 1. The Hall–Kier alpha value is -2.62. The Bertz CT molecular complexity index is 905. The molecule has 6 nitrogen and oxygen atoms in total. The molecule has 10 heteroatoms. The number of hydroxylamine groups is 2. The molecule has 1 N–H and O–H groups in total. The molecule has 0 saturated carbocycles. The van der Waals surface area contributed by atoms with Crippen molar-refractivity contribution in [3.63, 3.8) is 0 Å². The maximum atomic E-state index is 13.9. The summed E-state index contributed by atoms with van der Waals surface area (Å²) in [5.74, 6) is -1.57. The van der Waals surface area contributed by atoms with Crippen LogP contribution < -0.4 is 5.56 Å². The number of nitrogens with zero attached hydrogens (tertiary/aromatic N) is 1. The molecule has 2 aromatic rings. The summed E-state index contributed by atoms with van der Waals surface area (Å²) in [6.45, 7) is 1.58. The van der Waals surface area contributed by atoms with Gasteiger partial charge in [-0.3, -0.25) is 9.59 Å². The lowest BCUT2D eigenvalue weighted by Gasteiger charge is -2.36. The lowest BCUT2D eigenvalue weighted by Crippen LogP contribution is -2.44. The Morgan fingerprint density at radius 1 is 1.36 bits per heavy atom. The van der Waals surface area contributed by atoms with E-state index in [4.69, 9.17) is 9.36 Å². The molecule has 0 amide bonds. The van der Waals surface area contributed by atoms with E-state index in [2.05, 4.69) is 5.16 Å². The van der Waals surface area contributed by atoms with Crippen LogP contribution in [-0.2, 0) is 22.2 Å². The third kappa shape index (κ3) is 4.61. The second kappa shape index (κ2) is 7.78. The molecule has 2 atom stereocenters. The lowest BCUT2D eigenvalue weighted by molar-refractivity contribution is -0.207. The Morgan fingerprint density at radius 3 is 2.68 bits per heavy atom. The van der Waals surface area contributed by atoms with Crippen molar-refractivity contribution in [2.45, 2.75) is 44.3 Å². The highest BCUT2D eigenvalue weighted by Gasteiger charge is 2.36. The zero-order valence-electron chi connectivity index (χ0n) is 14.9. The fourth-order valence-electron chi connectivity index (χ4n) is 3.44. The van der Waals surface area contributed by atoms with Crippen molar-refractivity contribution in [1.82, 2.24) is 10.2 Å². The van der Waals surface area contributed by atoms with Crippen LogP contribution in [-0.4, -0.2) is 28.8 Å². The third-order valence-electron chi connectivity index (χ3n) is 4.66. The number of carbonyl (C=O) groups is 1. The minimum Gasteiger partial charge on any atom is -0.383 e. The largest absolute Gasteiger partial charge is 0.419 e. The second-order valence-corrected chi connectivity index (χ2v) is 6.73. The smallest absolute Gasteiger partial charge is 0.383 e. The van der Waals surface area contributed by atoms with Crippen molar-refractivity contribution in [3.05, 3.63) is 57.3 Å². The zero-order chi connectivity index (χ0) is 20.5. The zero-order valence-corrected chi connectivity index (χ0v) is 14.9. The van der Waals surface area contributed by atoms with Crippen LogP contribution in [0.1, 0.15) is 42.6 Å². The van der Waals surface area contributed by atoms with E-state index in [9.17, 15) is 27.2 Å². The number of carbonyl (C=O) groups excluding carboxylic acids is 1. The van der Waals surface area contributed by atoms with Gasteiger partial charge in [0.1, 0.15) is 11.6 Å². The summed E-state index contributed by atoms with van der Waals surface area (Å²) >= 11 is 0. The van der Waals surface area contributed by atoms with E-state index in [0.717, 1.165) is 6.07 Å². The van der Waals surface area contributed by atoms with Crippen LogP contribution in [0.25, 0.3) is 0 Å². The monoisotopic (exact) mass is 402 g/mol. The fourth-order valence-corrected chi connectivity index (χ4v) is 3.44. The topological polar surface area (TPSA) is 75.5 Å². The molecule has 1 fully saturated rings. The molecule has 0 spiro atoms. The second-order valence-electron chi connectivity index (χ2n) is 6.73. The number of halogens is 4. The standard InChI is InChI=1S/C18H18F4N2O4/c1-10(25)28-24-5-4-12(16-9-17(26)23-27-16)8-13(24)6-11-2-3-14(15(19)7-11)18(20,21)22/h2-3,7,9,12-13H,4-6,8H2,1H3,(H,23,26). The lowest BCUT2D eigenvalue weighted by atomic mass is 9.87. The van der Waals surface area contributed by atoms with Gasteiger partial charge in [-0.15, -0.1) is 5.06 Å². The summed E-state index contributed by atoms with van der Waals surface area (Å²) < 4.78 is 57.2. The number of aromatic nitrogens is 1. The highest BCUT2D eigenvalue weighted by atomic mass is 19.4. The maximum Gasteiger partial charge on any atom is 0.419 e. The van der Waals surface area contributed by atoms with Gasteiger partial charge < -0.3 is 9.36 Å². The van der Waals surface area contributed by atoms with Crippen LogP contribution in [0.4, 0.5) is 17.6 Å². The average Bonchev–Trinajstić information content (AvgIpc) is 3.01. The van der Waals surface area contributed by atoms with Gasteiger partial charge in [0.15, 0.2) is 0 Å². The molecule has 1 aromatic carbocycles. The highest BCUT2D eigenvalue weighted by Crippen LogP contribution is 2.34. The molecular weight excluding hydrogens is 384 g/mol. The number of hydrogen-bond donors (Lipinski definition) is 1. The van der Waals surface area contributed by atoms with E-state index in [-0.39, 0.29) is 17.9 Å². The Kier molecular flexibility index (Phi) is 5.59. The van der Waals surface area contributed by atoms with Gasteiger partial charge in [-0.2, -0.15) is 18.3 Å². The summed E-state index contributed by atoms with van der Waals surface area (Å²) in [5.41, 5.74) is -1.37. The van der Waals surface area contributed by atoms with Crippen molar-refractivity contribution in [3.8, 4) is 0 Å². The number of piperidine rings is 1. The molecule has 0 radical (unpaired) electrons. The minimum atomic E-state index is -4.77. The average molecular weight is 402 g/mol. The molecule has 2 unspecified atom stereocenters. The first-order valence-corrected chi connectivity index (χ1v) is 8.62. The van der Waals surface area contributed by atoms with Gasteiger partial charge in [-0.1, -0.05) is 6.07 Å². The van der Waals surface area contributed by atoms with E-state index >= 15 is 0 Å². The van der Waals surface area contributed by atoms with Crippen LogP contribution in [0.3, 0.4) is 0 Å².